The molecule has 0 aliphatic rings. The fourth-order valence-electron chi connectivity index (χ4n) is 2.28. The van der Waals surface area contributed by atoms with Crippen molar-refractivity contribution in [2.75, 3.05) is 20.8 Å². The van der Waals surface area contributed by atoms with Gasteiger partial charge in [-0.25, -0.2) is 4.79 Å². The van der Waals surface area contributed by atoms with Gasteiger partial charge >= 0.3 is 5.97 Å². The van der Waals surface area contributed by atoms with Crippen LogP contribution in [0.1, 0.15) is 28.4 Å². The van der Waals surface area contributed by atoms with Crippen LogP contribution in [0, 0.1) is 0 Å². The van der Waals surface area contributed by atoms with E-state index in [0.29, 0.717) is 17.1 Å². The Hall–Kier alpha value is -3.08. The summed E-state index contributed by atoms with van der Waals surface area (Å²) in [7, 11) is 3.10. The Balaban J connectivity index is 1.93. The van der Waals surface area contributed by atoms with E-state index in [1.54, 1.807) is 50.6 Å². The highest BCUT2D eigenvalue weighted by atomic mass is 16.5. The summed E-state index contributed by atoms with van der Waals surface area (Å²) in [6.45, 7) is 1.75. The quantitative estimate of drug-likeness (QED) is 0.411. The molecular formula is C21H22O5. The van der Waals surface area contributed by atoms with Crippen molar-refractivity contribution in [2.45, 2.75) is 13.3 Å². The van der Waals surface area contributed by atoms with Crippen LogP contribution in [0.25, 0.3) is 6.08 Å². The van der Waals surface area contributed by atoms with E-state index in [0.717, 1.165) is 17.5 Å². The van der Waals surface area contributed by atoms with E-state index in [4.69, 9.17) is 14.2 Å². The molecule has 0 aliphatic heterocycles. The van der Waals surface area contributed by atoms with Gasteiger partial charge in [0.1, 0.15) is 11.5 Å². The minimum Gasteiger partial charge on any atom is -0.497 e. The number of esters is 1. The largest absolute Gasteiger partial charge is 0.497 e. The van der Waals surface area contributed by atoms with Crippen molar-refractivity contribution in [3.63, 3.8) is 0 Å². The molecule has 2 aromatic rings. The van der Waals surface area contributed by atoms with Crippen molar-refractivity contribution in [1.82, 2.24) is 0 Å². The van der Waals surface area contributed by atoms with Crippen LogP contribution in [0.5, 0.6) is 11.5 Å². The van der Waals surface area contributed by atoms with Crippen LogP contribution in [0.2, 0.25) is 0 Å². The van der Waals surface area contributed by atoms with Gasteiger partial charge in [0.2, 0.25) is 0 Å². The monoisotopic (exact) mass is 354 g/mol. The Morgan fingerprint density at radius 2 is 1.58 bits per heavy atom. The van der Waals surface area contributed by atoms with Gasteiger partial charge in [-0.1, -0.05) is 31.2 Å². The Morgan fingerprint density at radius 3 is 2.12 bits per heavy atom. The first-order valence-electron chi connectivity index (χ1n) is 8.25. The molecule has 5 heteroatoms. The molecule has 0 saturated carbocycles. The summed E-state index contributed by atoms with van der Waals surface area (Å²) < 4.78 is 15.4. The maximum Gasteiger partial charge on any atom is 0.331 e. The lowest BCUT2D eigenvalue weighted by molar-refractivity contribution is -0.136. The van der Waals surface area contributed by atoms with Gasteiger partial charge in [-0.3, -0.25) is 4.79 Å². The number of ketones is 1. The molecule has 5 nitrogen and oxygen atoms in total. The van der Waals surface area contributed by atoms with Gasteiger partial charge in [0.25, 0.3) is 0 Å². The van der Waals surface area contributed by atoms with Crippen LogP contribution in [-0.2, 0) is 16.0 Å². The molecule has 0 unspecified atom stereocenters. The second kappa shape index (κ2) is 9.42. The first-order valence-corrected chi connectivity index (χ1v) is 8.25. The first kappa shape index (κ1) is 19.2. The molecule has 0 radical (unpaired) electrons. The summed E-state index contributed by atoms with van der Waals surface area (Å²) in [6.07, 6.45) is 3.75. The molecule has 136 valence electrons. The molecule has 0 bridgehead atoms. The molecule has 0 saturated heterocycles. The van der Waals surface area contributed by atoms with Gasteiger partial charge in [0.05, 0.1) is 14.2 Å². The summed E-state index contributed by atoms with van der Waals surface area (Å²) in [5, 5.41) is 0. The van der Waals surface area contributed by atoms with Crippen molar-refractivity contribution < 1.29 is 23.8 Å². The minimum atomic E-state index is -0.592. The number of carbonyl (C=O) groups excluding carboxylic acids is 2. The van der Waals surface area contributed by atoms with Gasteiger partial charge in [0, 0.05) is 17.7 Å². The lowest BCUT2D eigenvalue weighted by Gasteiger charge is -2.06. The molecule has 0 heterocycles. The van der Waals surface area contributed by atoms with E-state index >= 15 is 0 Å². The molecule has 2 rings (SSSR count). The predicted molar refractivity (Wildman–Crippen MR) is 99.7 cm³/mol. The number of aryl methyl sites for hydroxylation is 1. The van der Waals surface area contributed by atoms with Crippen LogP contribution in [-0.4, -0.2) is 32.6 Å². The zero-order valence-corrected chi connectivity index (χ0v) is 15.2. The summed E-state index contributed by atoms with van der Waals surface area (Å²) in [4.78, 5) is 23.9. The summed E-state index contributed by atoms with van der Waals surface area (Å²) in [5.41, 5.74) is 2.39. The van der Waals surface area contributed by atoms with Crippen molar-refractivity contribution in [3.8, 4) is 11.5 Å². The van der Waals surface area contributed by atoms with Crippen LogP contribution in [0.15, 0.2) is 48.5 Å². The molecule has 0 amide bonds. The molecule has 0 atom stereocenters. The van der Waals surface area contributed by atoms with Gasteiger partial charge in [-0.15, -0.1) is 0 Å². The normalized spacial score (nSPS) is 10.6. The van der Waals surface area contributed by atoms with Gasteiger partial charge < -0.3 is 14.2 Å². The molecule has 0 N–H and O–H groups in total. The predicted octanol–water partition coefficient (Wildman–Crippen LogP) is 3.71. The van der Waals surface area contributed by atoms with E-state index in [2.05, 4.69) is 0 Å². The van der Waals surface area contributed by atoms with Crippen molar-refractivity contribution >= 4 is 17.8 Å². The number of Topliss-reactive ketones (excluding diaryl/α,β-unsaturated/α-hetero) is 1. The second-order valence-electron chi connectivity index (χ2n) is 5.56. The van der Waals surface area contributed by atoms with E-state index in [1.165, 1.54) is 6.08 Å². The van der Waals surface area contributed by atoms with Crippen LogP contribution in [0.3, 0.4) is 0 Å². The number of methoxy groups -OCH3 is 2. The maximum absolute atomic E-state index is 12.1. The number of hydrogen-bond acceptors (Lipinski definition) is 5. The summed E-state index contributed by atoms with van der Waals surface area (Å²) in [5.74, 6) is 0.397. The highest BCUT2D eigenvalue weighted by Gasteiger charge is 2.08. The molecular weight excluding hydrogens is 332 g/mol. The standard InChI is InChI=1S/C21H22O5/c1-4-15-5-8-17(9-6-15)20(22)14-26-21(23)10-7-16-11-18(24-2)13-19(12-16)25-3/h5-13H,4,14H2,1-3H3/b10-7+. The molecule has 0 spiro atoms. The fraction of sp³-hybridized carbons (Fsp3) is 0.238. The fourth-order valence-corrected chi connectivity index (χ4v) is 2.28. The Bertz CT molecular complexity index is 768. The van der Waals surface area contributed by atoms with Crippen LogP contribution >= 0.6 is 0 Å². The van der Waals surface area contributed by atoms with E-state index in [1.807, 2.05) is 19.1 Å². The Kier molecular flexibility index (Phi) is 6.97. The molecule has 26 heavy (non-hydrogen) atoms. The lowest BCUT2D eigenvalue weighted by atomic mass is 10.1. The van der Waals surface area contributed by atoms with E-state index in [-0.39, 0.29) is 12.4 Å². The van der Waals surface area contributed by atoms with Gasteiger partial charge in [0.15, 0.2) is 12.4 Å². The maximum atomic E-state index is 12.1. The molecule has 0 fully saturated rings. The van der Waals surface area contributed by atoms with E-state index < -0.39 is 5.97 Å². The first-order chi connectivity index (χ1) is 12.5. The van der Waals surface area contributed by atoms with Gasteiger partial charge in [-0.2, -0.15) is 0 Å². The lowest BCUT2D eigenvalue weighted by Crippen LogP contribution is -2.12. The third-order valence-electron chi connectivity index (χ3n) is 3.82. The zero-order valence-electron chi connectivity index (χ0n) is 15.2. The highest BCUT2D eigenvalue weighted by Crippen LogP contribution is 2.23. The van der Waals surface area contributed by atoms with Crippen molar-refractivity contribution in [1.29, 1.82) is 0 Å². The molecule has 0 aliphatic carbocycles. The minimum absolute atomic E-state index is 0.238. The van der Waals surface area contributed by atoms with Crippen LogP contribution < -0.4 is 9.47 Å². The molecule has 2 aromatic carbocycles. The number of benzene rings is 2. The smallest absolute Gasteiger partial charge is 0.331 e. The zero-order chi connectivity index (χ0) is 18.9. The summed E-state index contributed by atoms with van der Waals surface area (Å²) in [6, 6.07) is 12.5. The van der Waals surface area contributed by atoms with Gasteiger partial charge in [-0.05, 0) is 35.8 Å². The topological polar surface area (TPSA) is 61.8 Å². The Morgan fingerprint density at radius 1 is 0.962 bits per heavy atom. The van der Waals surface area contributed by atoms with Crippen molar-refractivity contribution in [2.24, 2.45) is 0 Å². The van der Waals surface area contributed by atoms with E-state index in [9.17, 15) is 9.59 Å². The third-order valence-corrected chi connectivity index (χ3v) is 3.82. The Labute approximate surface area is 153 Å². The summed E-state index contributed by atoms with van der Waals surface area (Å²) >= 11 is 0. The number of ether oxygens (including phenoxy) is 3. The number of rotatable bonds is 8. The average molecular weight is 354 g/mol. The highest BCUT2D eigenvalue weighted by molar-refractivity contribution is 5.98. The number of carbonyl (C=O) groups is 2. The second-order valence-corrected chi connectivity index (χ2v) is 5.56. The third kappa shape index (κ3) is 5.48. The number of hydrogen-bond donors (Lipinski definition) is 0. The molecule has 0 aromatic heterocycles. The average Bonchev–Trinajstić information content (AvgIpc) is 2.70. The van der Waals surface area contributed by atoms with Crippen LogP contribution in [0.4, 0.5) is 0 Å². The SMILES string of the molecule is CCc1ccc(C(=O)COC(=O)/C=C/c2cc(OC)cc(OC)c2)cc1. The van der Waals surface area contributed by atoms with Crippen molar-refractivity contribution in [3.05, 3.63) is 65.2 Å².